The summed E-state index contributed by atoms with van der Waals surface area (Å²) in [5.74, 6) is 0.291. The number of carbonyl (C=O) groups is 2. The van der Waals surface area contributed by atoms with E-state index in [4.69, 9.17) is 4.74 Å². The number of aromatic nitrogens is 3. The van der Waals surface area contributed by atoms with Crippen LogP contribution in [-0.2, 0) is 4.79 Å². The van der Waals surface area contributed by atoms with Gasteiger partial charge in [-0.25, -0.2) is 0 Å². The molecule has 0 saturated carbocycles. The van der Waals surface area contributed by atoms with Crippen LogP contribution < -0.4 is 15.4 Å². The maximum Gasteiger partial charge on any atom is 0.255 e. The Labute approximate surface area is 195 Å². The molecule has 0 aliphatic heterocycles. The fourth-order valence-corrected chi connectivity index (χ4v) is 3.79. The van der Waals surface area contributed by atoms with Crippen molar-refractivity contribution in [3.63, 3.8) is 0 Å². The molecule has 0 aliphatic rings. The first-order valence-electron chi connectivity index (χ1n) is 10.1. The molecule has 9 heteroatoms. The molecular formula is C24H21N5O3S. The molecule has 1 heterocycles. The summed E-state index contributed by atoms with van der Waals surface area (Å²) in [5, 5.41) is 14.3. The van der Waals surface area contributed by atoms with E-state index in [0.29, 0.717) is 27.8 Å². The fourth-order valence-electron chi connectivity index (χ4n) is 3.06. The van der Waals surface area contributed by atoms with E-state index < -0.39 is 0 Å². The monoisotopic (exact) mass is 459 g/mol. The van der Waals surface area contributed by atoms with E-state index in [-0.39, 0.29) is 17.6 Å². The summed E-state index contributed by atoms with van der Waals surface area (Å²) in [6.45, 7) is 0. The summed E-state index contributed by atoms with van der Waals surface area (Å²) < 4.78 is 7.08. The molecular weight excluding hydrogens is 438 g/mol. The number of amides is 2. The van der Waals surface area contributed by atoms with Gasteiger partial charge in [-0.3, -0.25) is 14.2 Å². The van der Waals surface area contributed by atoms with Crippen LogP contribution in [0.1, 0.15) is 10.4 Å². The zero-order valence-electron chi connectivity index (χ0n) is 17.8. The zero-order chi connectivity index (χ0) is 23.0. The fraction of sp³-hybridized carbons (Fsp3) is 0.0833. The number of methoxy groups -OCH3 is 1. The number of hydrogen-bond acceptors (Lipinski definition) is 6. The van der Waals surface area contributed by atoms with Crippen molar-refractivity contribution in [1.29, 1.82) is 0 Å². The SMILES string of the molecule is COc1ccccc1NC(=O)c1ccc(NC(=O)CSc2nncn2-c2ccccc2)cc1. The summed E-state index contributed by atoms with van der Waals surface area (Å²) in [6.07, 6.45) is 1.62. The largest absolute Gasteiger partial charge is 0.495 e. The molecule has 33 heavy (non-hydrogen) atoms. The minimum atomic E-state index is -0.270. The molecule has 0 bridgehead atoms. The van der Waals surface area contributed by atoms with Crippen molar-refractivity contribution in [2.24, 2.45) is 0 Å². The molecule has 0 atom stereocenters. The van der Waals surface area contributed by atoms with Gasteiger partial charge in [-0.05, 0) is 48.5 Å². The van der Waals surface area contributed by atoms with Gasteiger partial charge in [0.2, 0.25) is 5.91 Å². The molecule has 2 N–H and O–H groups in total. The molecule has 0 spiro atoms. The van der Waals surface area contributed by atoms with Crippen molar-refractivity contribution in [2.75, 3.05) is 23.5 Å². The number of benzene rings is 3. The van der Waals surface area contributed by atoms with Crippen LogP contribution in [0, 0.1) is 0 Å². The minimum absolute atomic E-state index is 0.168. The van der Waals surface area contributed by atoms with Crippen LogP contribution in [0.2, 0.25) is 0 Å². The molecule has 3 aromatic carbocycles. The van der Waals surface area contributed by atoms with Crippen LogP contribution in [0.4, 0.5) is 11.4 Å². The van der Waals surface area contributed by atoms with Crippen molar-refractivity contribution >= 4 is 35.0 Å². The van der Waals surface area contributed by atoms with Crippen LogP contribution in [0.5, 0.6) is 5.75 Å². The van der Waals surface area contributed by atoms with E-state index in [0.717, 1.165) is 5.69 Å². The lowest BCUT2D eigenvalue weighted by Crippen LogP contribution is -2.15. The predicted molar refractivity (Wildman–Crippen MR) is 128 cm³/mol. The molecule has 0 aliphatic carbocycles. The molecule has 2 amide bonds. The lowest BCUT2D eigenvalue weighted by molar-refractivity contribution is -0.113. The second-order valence-electron chi connectivity index (χ2n) is 6.89. The van der Waals surface area contributed by atoms with Gasteiger partial charge in [-0.1, -0.05) is 42.1 Å². The molecule has 4 rings (SSSR count). The molecule has 0 saturated heterocycles. The molecule has 166 valence electrons. The van der Waals surface area contributed by atoms with Crippen LogP contribution in [0.15, 0.2) is 90.3 Å². The summed E-state index contributed by atoms with van der Waals surface area (Å²) in [5.41, 5.74) is 2.57. The van der Waals surface area contributed by atoms with Gasteiger partial charge in [-0.15, -0.1) is 10.2 Å². The zero-order valence-corrected chi connectivity index (χ0v) is 18.6. The number of nitrogens with zero attached hydrogens (tertiary/aromatic N) is 3. The Hall–Kier alpha value is -4.11. The molecule has 1 aromatic heterocycles. The summed E-state index contributed by atoms with van der Waals surface area (Å²) in [7, 11) is 1.55. The highest BCUT2D eigenvalue weighted by molar-refractivity contribution is 7.99. The highest BCUT2D eigenvalue weighted by Gasteiger charge is 2.12. The van der Waals surface area contributed by atoms with Gasteiger partial charge in [-0.2, -0.15) is 0 Å². The standard InChI is InChI=1S/C24H21N5O3S/c1-32-21-10-6-5-9-20(21)27-23(31)17-11-13-18(14-12-17)26-22(30)15-33-24-28-25-16-29(24)19-7-3-2-4-8-19/h2-14,16H,15H2,1H3,(H,26,30)(H,27,31). The Bertz CT molecular complexity index is 1240. The lowest BCUT2D eigenvalue weighted by Gasteiger charge is -2.10. The van der Waals surface area contributed by atoms with Crippen molar-refractivity contribution in [2.45, 2.75) is 5.16 Å². The number of hydrogen-bond donors (Lipinski definition) is 2. The summed E-state index contributed by atoms with van der Waals surface area (Å²) in [4.78, 5) is 24.9. The highest BCUT2D eigenvalue weighted by Crippen LogP contribution is 2.24. The third kappa shape index (κ3) is 5.58. The Morgan fingerprint density at radius 2 is 1.67 bits per heavy atom. The van der Waals surface area contributed by atoms with Crippen molar-refractivity contribution in [1.82, 2.24) is 14.8 Å². The van der Waals surface area contributed by atoms with Gasteiger partial charge in [0.15, 0.2) is 5.16 Å². The van der Waals surface area contributed by atoms with E-state index in [1.807, 2.05) is 47.0 Å². The summed E-state index contributed by atoms with van der Waals surface area (Å²) >= 11 is 1.29. The lowest BCUT2D eigenvalue weighted by atomic mass is 10.2. The van der Waals surface area contributed by atoms with Crippen LogP contribution >= 0.6 is 11.8 Å². The number of carbonyl (C=O) groups excluding carboxylic acids is 2. The first-order valence-corrected chi connectivity index (χ1v) is 11.0. The Kier molecular flexibility index (Phi) is 7.01. The third-order valence-corrected chi connectivity index (χ3v) is 5.61. The number of para-hydroxylation sites is 3. The molecule has 0 fully saturated rings. The Morgan fingerprint density at radius 1 is 0.939 bits per heavy atom. The van der Waals surface area contributed by atoms with Gasteiger partial charge >= 0.3 is 0 Å². The highest BCUT2D eigenvalue weighted by atomic mass is 32.2. The molecule has 0 unspecified atom stereocenters. The first-order chi connectivity index (χ1) is 16.1. The Morgan fingerprint density at radius 3 is 2.42 bits per heavy atom. The second-order valence-corrected chi connectivity index (χ2v) is 7.83. The van der Waals surface area contributed by atoms with Gasteiger partial charge in [0, 0.05) is 16.9 Å². The van der Waals surface area contributed by atoms with Gasteiger partial charge < -0.3 is 15.4 Å². The number of nitrogens with one attached hydrogen (secondary N) is 2. The van der Waals surface area contributed by atoms with Gasteiger partial charge in [0.1, 0.15) is 12.1 Å². The van der Waals surface area contributed by atoms with E-state index >= 15 is 0 Å². The smallest absolute Gasteiger partial charge is 0.255 e. The molecule has 4 aromatic rings. The number of anilines is 2. The summed E-state index contributed by atoms with van der Waals surface area (Å²) in [6, 6.07) is 23.5. The van der Waals surface area contributed by atoms with Crippen LogP contribution in [0.25, 0.3) is 5.69 Å². The van der Waals surface area contributed by atoms with E-state index in [1.165, 1.54) is 11.8 Å². The quantitative estimate of drug-likeness (QED) is 0.382. The average molecular weight is 460 g/mol. The van der Waals surface area contributed by atoms with Gasteiger partial charge in [0.05, 0.1) is 18.6 Å². The van der Waals surface area contributed by atoms with E-state index in [1.54, 1.807) is 49.8 Å². The topological polar surface area (TPSA) is 98.1 Å². The van der Waals surface area contributed by atoms with Gasteiger partial charge in [0.25, 0.3) is 5.91 Å². The molecule has 0 radical (unpaired) electrons. The number of ether oxygens (including phenoxy) is 1. The van der Waals surface area contributed by atoms with Crippen molar-refractivity contribution in [3.8, 4) is 11.4 Å². The number of rotatable bonds is 8. The third-order valence-electron chi connectivity index (χ3n) is 4.67. The van der Waals surface area contributed by atoms with E-state index in [9.17, 15) is 9.59 Å². The Balaban J connectivity index is 1.33. The average Bonchev–Trinajstić information content (AvgIpc) is 3.33. The van der Waals surface area contributed by atoms with Crippen LogP contribution in [0.3, 0.4) is 0 Å². The first kappa shape index (κ1) is 22.1. The number of thioether (sulfide) groups is 1. The normalized spacial score (nSPS) is 10.5. The maximum atomic E-state index is 12.5. The van der Waals surface area contributed by atoms with E-state index in [2.05, 4.69) is 20.8 Å². The predicted octanol–water partition coefficient (Wildman–Crippen LogP) is 4.26. The maximum absolute atomic E-state index is 12.5. The molecule has 8 nitrogen and oxygen atoms in total. The van der Waals surface area contributed by atoms with Crippen molar-refractivity contribution in [3.05, 3.63) is 90.8 Å². The van der Waals surface area contributed by atoms with Crippen LogP contribution in [-0.4, -0.2) is 39.4 Å². The van der Waals surface area contributed by atoms with Crippen molar-refractivity contribution < 1.29 is 14.3 Å². The minimum Gasteiger partial charge on any atom is -0.495 e. The second kappa shape index (κ2) is 10.5.